The fourth-order valence-corrected chi connectivity index (χ4v) is 1.48. The van der Waals surface area contributed by atoms with Crippen LogP contribution in [0.5, 0.6) is 0 Å². The summed E-state index contributed by atoms with van der Waals surface area (Å²) in [6, 6.07) is -0.353. The molecule has 1 heterocycles. The largest absolute Gasteiger partial charge is 0.349 e. The second-order valence-electron chi connectivity index (χ2n) is 5.37. The van der Waals surface area contributed by atoms with Crippen LogP contribution in [0, 0.1) is 0 Å². The summed E-state index contributed by atoms with van der Waals surface area (Å²) in [7, 11) is 0. The van der Waals surface area contributed by atoms with Gasteiger partial charge in [-0.3, -0.25) is 4.79 Å². The molecular weight excluding hydrogens is 242 g/mol. The molecule has 0 saturated carbocycles. The van der Waals surface area contributed by atoms with Crippen LogP contribution in [0.25, 0.3) is 0 Å². The Balaban J connectivity index is 2.64. The zero-order valence-corrected chi connectivity index (χ0v) is 12.5. The van der Waals surface area contributed by atoms with Crippen molar-refractivity contribution in [3.8, 4) is 0 Å². The van der Waals surface area contributed by atoms with E-state index in [1.54, 1.807) is 4.68 Å². The Morgan fingerprint density at radius 2 is 2.16 bits per heavy atom. The van der Waals surface area contributed by atoms with Gasteiger partial charge in [-0.05, 0) is 33.7 Å². The second kappa shape index (κ2) is 6.65. The van der Waals surface area contributed by atoms with Crippen molar-refractivity contribution in [2.75, 3.05) is 6.54 Å². The van der Waals surface area contributed by atoms with E-state index in [0.717, 1.165) is 18.7 Å². The van der Waals surface area contributed by atoms with Crippen molar-refractivity contribution in [2.45, 2.75) is 59.2 Å². The van der Waals surface area contributed by atoms with Crippen molar-refractivity contribution in [3.63, 3.8) is 0 Å². The maximum Gasteiger partial charge on any atom is 0.245 e. The van der Waals surface area contributed by atoms with Crippen LogP contribution < -0.4 is 10.6 Å². The van der Waals surface area contributed by atoms with E-state index in [4.69, 9.17) is 0 Å². The summed E-state index contributed by atoms with van der Waals surface area (Å²) in [6.07, 6.45) is 2.69. The number of aromatic nitrogens is 3. The van der Waals surface area contributed by atoms with Crippen LogP contribution in [0.2, 0.25) is 0 Å². The zero-order valence-electron chi connectivity index (χ0n) is 12.5. The van der Waals surface area contributed by atoms with Gasteiger partial charge in [-0.15, -0.1) is 5.10 Å². The Bertz CT molecular complexity index is 413. The van der Waals surface area contributed by atoms with Gasteiger partial charge in [-0.1, -0.05) is 19.1 Å². The van der Waals surface area contributed by atoms with Crippen LogP contribution in [0.15, 0.2) is 6.20 Å². The number of carbonyl (C=O) groups is 1. The van der Waals surface area contributed by atoms with Gasteiger partial charge in [0.05, 0.1) is 11.9 Å². The van der Waals surface area contributed by atoms with Crippen molar-refractivity contribution in [3.05, 3.63) is 11.9 Å². The minimum Gasteiger partial charge on any atom is -0.349 e. The summed E-state index contributed by atoms with van der Waals surface area (Å²) >= 11 is 0. The molecule has 1 amide bonds. The quantitative estimate of drug-likeness (QED) is 0.780. The Labute approximate surface area is 115 Å². The molecule has 1 aromatic heterocycles. The third kappa shape index (κ3) is 4.63. The lowest BCUT2D eigenvalue weighted by Gasteiger charge is -2.26. The molecule has 0 aromatic carbocycles. The third-order valence-corrected chi connectivity index (χ3v) is 3.24. The highest BCUT2D eigenvalue weighted by Crippen LogP contribution is 2.11. The zero-order chi connectivity index (χ0) is 14.5. The monoisotopic (exact) mass is 267 g/mol. The van der Waals surface area contributed by atoms with Gasteiger partial charge in [0.2, 0.25) is 5.91 Å². The number of rotatable bonds is 7. The van der Waals surface area contributed by atoms with E-state index in [1.807, 2.05) is 33.9 Å². The highest BCUT2D eigenvalue weighted by molar-refractivity contribution is 5.80. The Morgan fingerprint density at radius 3 is 2.74 bits per heavy atom. The molecule has 19 heavy (non-hydrogen) atoms. The lowest BCUT2D eigenvalue weighted by Crippen LogP contribution is -2.45. The van der Waals surface area contributed by atoms with Gasteiger partial charge in [0.15, 0.2) is 0 Å². The van der Waals surface area contributed by atoms with Crippen molar-refractivity contribution in [2.24, 2.45) is 0 Å². The van der Waals surface area contributed by atoms with Crippen molar-refractivity contribution in [1.29, 1.82) is 0 Å². The van der Waals surface area contributed by atoms with Gasteiger partial charge < -0.3 is 10.6 Å². The van der Waals surface area contributed by atoms with Crippen molar-refractivity contribution < 1.29 is 4.79 Å². The summed E-state index contributed by atoms with van der Waals surface area (Å²) in [5, 5.41) is 14.2. The van der Waals surface area contributed by atoms with E-state index < -0.39 is 0 Å². The minimum absolute atomic E-state index is 0.0354. The first-order valence-corrected chi connectivity index (χ1v) is 6.83. The molecule has 0 radical (unpaired) electrons. The molecule has 0 aliphatic heterocycles. The number of nitrogens with zero attached hydrogens (tertiary/aromatic N) is 3. The average Bonchev–Trinajstić information content (AvgIpc) is 2.83. The van der Waals surface area contributed by atoms with Gasteiger partial charge in [0, 0.05) is 12.1 Å². The highest BCUT2D eigenvalue weighted by Gasteiger charge is 2.23. The molecule has 1 aromatic rings. The van der Waals surface area contributed by atoms with Gasteiger partial charge in [0.1, 0.15) is 6.04 Å². The summed E-state index contributed by atoms with van der Waals surface area (Å²) in [6.45, 7) is 11.5. The van der Waals surface area contributed by atoms with Gasteiger partial charge in [0.25, 0.3) is 0 Å². The van der Waals surface area contributed by atoms with Gasteiger partial charge >= 0.3 is 0 Å². The van der Waals surface area contributed by atoms with Crippen LogP contribution in [-0.2, 0) is 11.3 Å². The lowest BCUT2D eigenvalue weighted by molar-refractivity contribution is -0.125. The fourth-order valence-electron chi connectivity index (χ4n) is 1.48. The Kier molecular flexibility index (Phi) is 5.47. The predicted molar refractivity (Wildman–Crippen MR) is 74.6 cm³/mol. The van der Waals surface area contributed by atoms with Crippen LogP contribution in [0.4, 0.5) is 0 Å². The molecule has 0 fully saturated rings. The topological polar surface area (TPSA) is 71.8 Å². The Morgan fingerprint density at radius 1 is 1.47 bits per heavy atom. The summed E-state index contributed by atoms with van der Waals surface area (Å²) in [5.41, 5.74) is 0.648. The molecule has 0 spiro atoms. The molecule has 0 saturated heterocycles. The SMILES string of the molecule is CCNCc1cn(C(C)C(=O)NC(C)(C)CC)nn1. The molecule has 0 aliphatic rings. The molecule has 0 bridgehead atoms. The Hall–Kier alpha value is -1.43. The first-order chi connectivity index (χ1) is 8.89. The maximum atomic E-state index is 12.1. The molecule has 1 rings (SSSR count). The molecule has 2 N–H and O–H groups in total. The third-order valence-electron chi connectivity index (χ3n) is 3.24. The van der Waals surface area contributed by atoms with Crippen LogP contribution >= 0.6 is 0 Å². The molecule has 6 nitrogen and oxygen atoms in total. The highest BCUT2D eigenvalue weighted by atomic mass is 16.2. The predicted octanol–water partition coefficient (Wildman–Crippen LogP) is 1.25. The van der Waals surface area contributed by atoms with E-state index in [9.17, 15) is 4.79 Å². The van der Waals surface area contributed by atoms with Gasteiger partial charge in [-0.25, -0.2) is 4.68 Å². The summed E-state index contributed by atoms with van der Waals surface area (Å²) in [4.78, 5) is 12.1. The summed E-state index contributed by atoms with van der Waals surface area (Å²) in [5.74, 6) is -0.0354. The molecule has 1 atom stereocenters. The molecule has 1 unspecified atom stereocenters. The first-order valence-electron chi connectivity index (χ1n) is 6.83. The minimum atomic E-state index is -0.353. The van der Waals surface area contributed by atoms with E-state index in [2.05, 4.69) is 27.9 Å². The van der Waals surface area contributed by atoms with Crippen molar-refractivity contribution >= 4 is 5.91 Å². The normalized spacial score (nSPS) is 13.3. The summed E-state index contributed by atoms with van der Waals surface area (Å²) < 4.78 is 1.60. The average molecular weight is 267 g/mol. The lowest BCUT2D eigenvalue weighted by atomic mass is 10.0. The molecule has 0 aliphatic carbocycles. The maximum absolute atomic E-state index is 12.1. The van der Waals surface area contributed by atoms with E-state index in [0.29, 0.717) is 6.54 Å². The van der Waals surface area contributed by atoms with Crippen molar-refractivity contribution in [1.82, 2.24) is 25.6 Å². The first kappa shape index (κ1) is 15.6. The molecule has 6 heteroatoms. The van der Waals surface area contributed by atoms with Crippen LogP contribution in [0.3, 0.4) is 0 Å². The van der Waals surface area contributed by atoms with E-state index in [1.165, 1.54) is 0 Å². The smallest absolute Gasteiger partial charge is 0.245 e. The second-order valence-corrected chi connectivity index (χ2v) is 5.37. The van der Waals surface area contributed by atoms with E-state index in [-0.39, 0.29) is 17.5 Å². The number of nitrogens with one attached hydrogen (secondary N) is 2. The standard InChI is InChI=1S/C13H25N5O/c1-6-13(4,5)15-12(19)10(3)18-9-11(16-17-18)8-14-7-2/h9-10,14H,6-8H2,1-5H3,(H,15,19). The fraction of sp³-hybridized carbons (Fsp3) is 0.769. The van der Waals surface area contributed by atoms with Crippen LogP contribution in [-0.4, -0.2) is 33.0 Å². The molecular formula is C13H25N5O. The number of carbonyl (C=O) groups excluding carboxylic acids is 1. The number of amides is 1. The van der Waals surface area contributed by atoms with Crippen LogP contribution in [0.1, 0.15) is 52.8 Å². The van der Waals surface area contributed by atoms with E-state index >= 15 is 0 Å². The number of hydrogen-bond donors (Lipinski definition) is 2. The molecule has 108 valence electrons. The number of hydrogen-bond acceptors (Lipinski definition) is 4. The van der Waals surface area contributed by atoms with Gasteiger partial charge in [-0.2, -0.15) is 0 Å².